The van der Waals surface area contributed by atoms with Crippen molar-refractivity contribution in [3.63, 3.8) is 0 Å². The zero-order chi connectivity index (χ0) is 58.4. The average Bonchev–Trinajstić information content (AvgIpc) is 3.07. The molecule has 13 rings (SSSR count). The summed E-state index contributed by atoms with van der Waals surface area (Å²) in [5, 5.41) is -0.326. The normalized spacial score (nSPS) is 17.4. The number of nitrogens with zero attached hydrogens (tertiary/aromatic N) is 4. The lowest BCUT2D eigenvalue weighted by molar-refractivity contribution is 0.411. The molecule has 4 nitrogen and oxygen atoms in total. The minimum absolute atomic E-state index is 0.0628. The topological polar surface area (TPSA) is 16.3 Å². The van der Waals surface area contributed by atoms with Gasteiger partial charge in [-0.25, -0.2) is 0 Å². The molecule has 0 spiro atoms. The molecule has 304 valence electrons. The Morgan fingerprint density at radius 1 is 0.438 bits per heavy atom. The van der Waals surface area contributed by atoms with Crippen molar-refractivity contribution in [3.8, 4) is 11.4 Å². The van der Waals surface area contributed by atoms with E-state index in [9.17, 15) is 8.22 Å². The summed E-state index contributed by atoms with van der Waals surface area (Å²) >= 11 is 0. The lowest BCUT2D eigenvalue weighted by Gasteiger charge is -2.45. The molecule has 0 radical (unpaired) electrons. The van der Waals surface area contributed by atoms with Crippen molar-refractivity contribution in [2.75, 3.05) is 9.80 Å². The van der Waals surface area contributed by atoms with Crippen LogP contribution in [0.15, 0.2) is 206 Å². The van der Waals surface area contributed by atoms with E-state index in [1.54, 1.807) is 12.1 Å². The molecule has 0 atom stereocenters. The highest BCUT2D eigenvalue weighted by Crippen LogP contribution is 2.47. The molecule has 2 aliphatic heterocycles. The highest BCUT2D eigenvalue weighted by Gasteiger charge is 2.44. The highest BCUT2D eigenvalue weighted by atomic mass is 15.2. The smallest absolute Gasteiger partial charge is 0.252 e. The van der Waals surface area contributed by atoms with Gasteiger partial charge in [-0.1, -0.05) is 142 Å². The number of hydrogen-bond donors (Lipinski definition) is 0. The number of hydrogen-bond acceptors (Lipinski definition) is 2. The first-order valence-electron chi connectivity index (χ1n) is 30.0. The van der Waals surface area contributed by atoms with E-state index in [1.165, 1.54) is 9.13 Å². The van der Waals surface area contributed by atoms with Crippen LogP contribution in [0.25, 0.3) is 55.0 Å². The summed E-state index contributed by atoms with van der Waals surface area (Å²) in [6, 6.07) is 25.2. The van der Waals surface area contributed by atoms with Crippen LogP contribution < -0.4 is 26.2 Å². The van der Waals surface area contributed by atoms with Gasteiger partial charge in [-0.3, -0.25) is 0 Å². The van der Waals surface area contributed by atoms with Gasteiger partial charge in [-0.05, 0) is 119 Å². The van der Waals surface area contributed by atoms with Crippen LogP contribution in [0.5, 0.6) is 0 Å². The van der Waals surface area contributed by atoms with Gasteiger partial charge in [0.1, 0.15) is 0 Å². The second-order valence-electron chi connectivity index (χ2n) is 17.1. The molecule has 64 heavy (non-hydrogen) atoms. The van der Waals surface area contributed by atoms with E-state index in [2.05, 4.69) is 0 Å². The highest BCUT2D eigenvalue weighted by molar-refractivity contribution is 7.00. The minimum atomic E-state index is -2.01. The Hall–Kier alpha value is -7.76. The molecule has 4 heterocycles. The molecule has 0 saturated heterocycles. The van der Waals surface area contributed by atoms with Crippen LogP contribution in [0.2, 0.25) is 0 Å². The number of rotatable bonds is 5. The first-order valence-corrected chi connectivity index (χ1v) is 21.0. The van der Waals surface area contributed by atoms with E-state index >= 15 is 0 Å². The lowest BCUT2D eigenvalue weighted by atomic mass is 9.33. The SMILES string of the molecule is [2H]c1c([2H])c([2H])c2c(c1[2H])c1c([2H])c([2H])c([2H])c([2H])c1n2-c1ccc2c(c1)N(c1ccccc1)c1cc(C([2H])([2H])C(C)(C)C)cc3c1B2c1ccc(-n2c4c([2H])c([2H])c([2H])c([2H])c4c4c([2H])c([2H])c([2H])c([2H])c42)cc1N3c1ccccc1. The Morgan fingerprint density at radius 2 is 0.812 bits per heavy atom. The monoisotopic (exact) mass is 838 g/mol. The van der Waals surface area contributed by atoms with Crippen molar-refractivity contribution in [3.05, 3.63) is 211 Å². The maximum Gasteiger partial charge on any atom is 0.252 e. The van der Waals surface area contributed by atoms with Gasteiger partial charge in [0.15, 0.2) is 0 Å². The van der Waals surface area contributed by atoms with Crippen molar-refractivity contribution in [1.82, 2.24) is 9.13 Å². The molecule has 2 aromatic heterocycles. The number of aromatic nitrogens is 2. The molecule has 0 bridgehead atoms. The third kappa shape index (κ3) is 5.50. The van der Waals surface area contributed by atoms with Crippen LogP contribution in [-0.2, 0) is 6.37 Å². The Morgan fingerprint density at radius 3 is 1.19 bits per heavy atom. The van der Waals surface area contributed by atoms with Gasteiger partial charge >= 0.3 is 0 Å². The second kappa shape index (κ2) is 13.9. The van der Waals surface area contributed by atoms with Crippen LogP contribution >= 0.6 is 0 Å². The first-order chi connectivity index (χ1) is 38.8. The van der Waals surface area contributed by atoms with Gasteiger partial charge in [-0.15, -0.1) is 0 Å². The summed E-state index contributed by atoms with van der Waals surface area (Å²) in [6.45, 7) is 4.77. The van der Waals surface area contributed by atoms with E-state index in [0.29, 0.717) is 50.6 Å². The molecule has 5 heteroatoms. The molecule has 11 aromatic rings. The third-order valence-electron chi connectivity index (χ3n) is 12.2. The fraction of sp³-hybridized carbons (Fsp3) is 0.0847. The molecule has 0 unspecified atom stereocenters. The summed E-state index contributed by atoms with van der Waals surface area (Å²) in [4.78, 5) is 4.02. The molecule has 9 aromatic carbocycles. The zero-order valence-electron chi connectivity index (χ0n) is 52.8. The molecule has 0 saturated carbocycles. The lowest BCUT2D eigenvalue weighted by Crippen LogP contribution is -2.61. The quantitative estimate of drug-likeness (QED) is 0.161. The van der Waals surface area contributed by atoms with Crippen LogP contribution in [0.1, 0.15) is 51.0 Å². The predicted octanol–water partition coefficient (Wildman–Crippen LogP) is 13.6. The fourth-order valence-electron chi connectivity index (χ4n) is 9.82. The van der Waals surface area contributed by atoms with Gasteiger partial charge in [0.25, 0.3) is 6.71 Å². The zero-order valence-corrected chi connectivity index (χ0v) is 34.8. The van der Waals surface area contributed by atoms with E-state index in [1.807, 2.05) is 128 Å². The van der Waals surface area contributed by atoms with Crippen molar-refractivity contribution >= 4 is 101 Å². The number of para-hydroxylation sites is 6. The van der Waals surface area contributed by atoms with E-state index in [-0.39, 0.29) is 55.0 Å². The Labute approximate surface area is 399 Å². The maximum atomic E-state index is 9.93. The summed E-state index contributed by atoms with van der Waals surface area (Å²) < 4.78 is 167. The maximum absolute atomic E-state index is 9.93. The van der Waals surface area contributed by atoms with Crippen LogP contribution in [0.4, 0.5) is 34.1 Å². The van der Waals surface area contributed by atoms with Gasteiger partial charge in [0.05, 0.1) is 44.0 Å². The number of fused-ring (bicyclic) bond motifs is 10. The van der Waals surface area contributed by atoms with E-state index < -0.39 is 115 Å². The van der Waals surface area contributed by atoms with Gasteiger partial charge in [0, 0.05) is 69.8 Å². The fourth-order valence-corrected chi connectivity index (χ4v) is 9.82. The molecule has 0 fully saturated rings. The van der Waals surface area contributed by atoms with Gasteiger partial charge in [-0.2, -0.15) is 0 Å². The Balaban J connectivity index is 1.19. The summed E-state index contributed by atoms with van der Waals surface area (Å²) in [5.74, 6) is 0. The van der Waals surface area contributed by atoms with Crippen LogP contribution in [0, 0.1) is 5.41 Å². The van der Waals surface area contributed by atoms with Crippen molar-refractivity contribution in [1.29, 1.82) is 0 Å². The summed E-state index contributed by atoms with van der Waals surface area (Å²) in [7, 11) is 0. The first kappa shape index (κ1) is 23.1. The standard InChI is InChI=1S/C59H45BN4/c1-59(2,3)38-39-34-56-58-57(35-39)62(41-20-8-5-9-21-41)55-37-43(64-52-28-16-12-24-46(52)47-25-13-17-29-53(47)64)31-33-49(55)60(58)48-32-30-42(36-54(48)61(56)40-18-6-4-7-19-40)63-50-26-14-10-22-44(50)45-23-11-15-27-51(45)63/h4-37H,38H2,1-3H3/i10D,11D,12D,13D,14D,15D,16D,17D,22D,23D,24D,25D,26D,27D,28D,29D,38D2. The van der Waals surface area contributed by atoms with Crippen molar-refractivity contribution in [2.24, 2.45) is 5.41 Å². The van der Waals surface area contributed by atoms with E-state index in [4.69, 9.17) is 16.4 Å². The largest absolute Gasteiger partial charge is 0.311 e. The third-order valence-corrected chi connectivity index (χ3v) is 12.2. The molecular weight excluding hydrogens is 775 g/mol. The molecule has 0 N–H and O–H groups in total. The van der Waals surface area contributed by atoms with Crippen molar-refractivity contribution in [2.45, 2.75) is 27.1 Å². The van der Waals surface area contributed by atoms with Crippen molar-refractivity contribution < 1.29 is 24.7 Å². The van der Waals surface area contributed by atoms with Crippen LogP contribution in [0.3, 0.4) is 0 Å². The Kier molecular flexibility index (Phi) is 5.00. The molecule has 0 amide bonds. The molecule has 2 aliphatic rings. The predicted molar refractivity (Wildman–Crippen MR) is 272 cm³/mol. The average molecular weight is 839 g/mol. The summed E-state index contributed by atoms with van der Waals surface area (Å²) in [5.41, 5.74) is 5.41. The summed E-state index contributed by atoms with van der Waals surface area (Å²) in [6.07, 6.45) is -2.01. The second-order valence-corrected chi connectivity index (χ2v) is 17.1. The van der Waals surface area contributed by atoms with Gasteiger partial charge in [0.2, 0.25) is 0 Å². The van der Waals surface area contributed by atoms with E-state index in [0.717, 1.165) is 5.46 Å². The number of benzene rings is 9. The van der Waals surface area contributed by atoms with Gasteiger partial charge < -0.3 is 18.9 Å². The molecular formula is C59H45BN4. The Bertz CT molecular complexity index is 4260. The molecule has 0 aliphatic carbocycles. The van der Waals surface area contributed by atoms with Crippen LogP contribution in [-0.4, -0.2) is 15.8 Å². The minimum Gasteiger partial charge on any atom is -0.311 e. The number of anilines is 6.